The van der Waals surface area contributed by atoms with Gasteiger partial charge in [0.15, 0.2) is 0 Å². The molecular formula is C11H16N4. The van der Waals surface area contributed by atoms with Gasteiger partial charge in [0.25, 0.3) is 0 Å². The van der Waals surface area contributed by atoms with Gasteiger partial charge in [0.1, 0.15) is 5.82 Å². The lowest BCUT2D eigenvalue weighted by molar-refractivity contribution is 0.249. The Morgan fingerprint density at radius 2 is 2.33 bits per heavy atom. The van der Waals surface area contributed by atoms with Crippen molar-refractivity contribution >= 4 is 5.82 Å². The molecule has 2 N–H and O–H groups in total. The second kappa shape index (κ2) is 5.32. The lowest BCUT2D eigenvalue weighted by atomic mass is 10.2. The number of nitrogen functional groups attached to an aromatic ring is 1. The second-order valence-electron chi connectivity index (χ2n) is 3.68. The van der Waals surface area contributed by atoms with E-state index in [1.165, 1.54) is 0 Å². The van der Waals surface area contributed by atoms with Crippen molar-refractivity contribution in [1.82, 2.24) is 9.88 Å². The Morgan fingerprint density at radius 3 is 2.93 bits per heavy atom. The van der Waals surface area contributed by atoms with Crippen LogP contribution in [0.5, 0.6) is 0 Å². The van der Waals surface area contributed by atoms with E-state index in [0.717, 1.165) is 5.69 Å². The fourth-order valence-corrected chi connectivity index (χ4v) is 1.29. The van der Waals surface area contributed by atoms with E-state index >= 15 is 0 Å². The first-order valence-corrected chi connectivity index (χ1v) is 4.92. The molecule has 0 fully saturated rings. The molecule has 4 nitrogen and oxygen atoms in total. The van der Waals surface area contributed by atoms with Crippen LogP contribution in [0.1, 0.15) is 19.0 Å². The zero-order chi connectivity index (χ0) is 11.3. The number of nitrogens with zero attached hydrogens (tertiary/aromatic N) is 3. The third-order valence-electron chi connectivity index (χ3n) is 2.38. The molecular weight excluding hydrogens is 188 g/mol. The molecule has 0 saturated carbocycles. The first kappa shape index (κ1) is 11.5. The van der Waals surface area contributed by atoms with Gasteiger partial charge >= 0.3 is 0 Å². The fourth-order valence-electron chi connectivity index (χ4n) is 1.29. The van der Waals surface area contributed by atoms with Crippen LogP contribution < -0.4 is 5.73 Å². The van der Waals surface area contributed by atoms with Gasteiger partial charge in [-0.05, 0) is 26.1 Å². The minimum absolute atomic E-state index is 0.234. The minimum Gasteiger partial charge on any atom is -0.384 e. The molecule has 80 valence electrons. The summed E-state index contributed by atoms with van der Waals surface area (Å²) in [5.41, 5.74) is 6.52. The average Bonchev–Trinajstić information content (AvgIpc) is 2.18. The number of pyridine rings is 1. The van der Waals surface area contributed by atoms with Gasteiger partial charge in [0.05, 0.1) is 18.2 Å². The summed E-state index contributed by atoms with van der Waals surface area (Å²) in [6.07, 6.45) is 0.527. The van der Waals surface area contributed by atoms with E-state index in [1.807, 2.05) is 26.1 Å². The highest BCUT2D eigenvalue weighted by Gasteiger charge is 2.09. The Hall–Kier alpha value is -1.60. The lowest BCUT2D eigenvalue weighted by Gasteiger charge is -2.21. The first-order valence-electron chi connectivity index (χ1n) is 4.92. The van der Waals surface area contributed by atoms with E-state index in [0.29, 0.717) is 18.8 Å². The third kappa shape index (κ3) is 3.56. The van der Waals surface area contributed by atoms with Gasteiger partial charge in [-0.25, -0.2) is 4.98 Å². The van der Waals surface area contributed by atoms with Gasteiger partial charge in [-0.2, -0.15) is 5.26 Å². The first-order chi connectivity index (χ1) is 7.13. The zero-order valence-corrected chi connectivity index (χ0v) is 9.14. The number of aromatic nitrogens is 1. The van der Waals surface area contributed by atoms with Crippen molar-refractivity contribution in [3.63, 3.8) is 0 Å². The maximum atomic E-state index is 8.58. The van der Waals surface area contributed by atoms with Gasteiger partial charge in [-0.3, -0.25) is 4.90 Å². The SMILES string of the molecule is CC(CC#N)N(C)Cc1cccc(N)n1. The zero-order valence-electron chi connectivity index (χ0n) is 9.14. The molecule has 1 aromatic rings. The Bertz CT molecular complexity index is 356. The van der Waals surface area contributed by atoms with E-state index in [-0.39, 0.29) is 6.04 Å². The summed E-state index contributed by atoms with van der Waals surface area (Å²) in [4.78, 5) is 6.30. The Kier molecular flexibility index (Phi) is 4.07. The smallest absolute Gasteiger partial charge is 0.123 e. The molecule has 1 unspecified atom stereocenters. The number of rotatable bonds is 4. The summed E-state index contributed by atoms with van der Waals surface area (Å²) in [6.45, 7) is 2.74. The molecule has 0 bridgehead atoms. The third-order valence-corrected chi connectivity index (χ3v) is 2.38. The van der Waals surface area contributed by atoms with Crippen molar-refractivity contribution in [2.75, 3.05) is 12.8 Å². The maximum Gasteiger partial charge on any atom is 0.123 e. The van der Waals surface area contributed by atoms with Crippen LogP contribution in [0.4, 0.5) is 5.82 Å². The van der Waals surface area contributed by atoms with E-state index < -0.39 is 0 Å². The van der Waals surface area contributed by atoms with Gasteiger partial charge < -0.3 is 5.73 Å². The highest BCUT2D eigenvalue weighted by atomic mass is 15.1. The van der Waals surface area contributed by atoms with Crippen LogP contribution >= 0.6 is 0 Å². The predicted molar refractivity (Wildman–Crippen MR) is 59.8 cm³/mol. The topological polar surface area (TPSA) is 65.9 Å². The van der Waals surface area contributed by atoms with Gasteiger partial charge in [-0.1, -0.05) is 6.07 Å². The highest BCUT2D eigenvalue weighted by molar-refractivity contribution is 5.28. The molecule has 1 rings (SSSR count). The molecule has 1 heterocycles. The second-order valence-corrected chi connectivity index (χ2v) is 3.68. The Morgan fingerprint density at radius 1 is 1.60 bits per heavy atom. The van der Waals surface area contributed by atoms with Gasteiger partial charge in [0, 0.05) is 12.6 Å². The number of anilines is 1. The fraction of sp³-hybridized carbons (Fsp3) is 0.455. The molecule has 0 amide bonds. The van der Waals surface area contributed by atoms with E-state index in [4.69, 9.17) is 11.0 Å². The number of nitriles is 1. The summed E-state index contributed by atoms with van der Waals surface area (Å²) in [7, 11) is 1.98. The van der Waals surface area contributed by atoms with Crippen LogP contribution in [0, 0.1) is 11.3 Å². The van der Waals surface area contributed by atoms with Crippen LogP contribution in [0.2, 0.25) is 0 Å². The van der Waals surface area contributed by atoms with Crippen molar-refractivity contribution < 1.29 is 0 Å². The monoisotopic (exact) mass is 204 g/mol. The largest absolute Gasteiger partial charge is 0.384 e. The quantitative estimate of drug-likeness (QED) is 0.805. The normalized spacial score (nSPS) is 12.4. The van der Waals surface area contributed by atoms with Crippen LogP contribution in [0.25, 0.3) is 0 Å². The van der Waals surface area contributed by atoms with Crippen LogP contribution in [-0.4, -0.2) is 23.0 Å². The molecule has 1 aromatic heterocycles. The Labute approximate surface area is 90.3 Å². The van der Waals surface area contributed by atoms with Crippen molar-refractivity contribution in [2.24, 2.45) is 0 Å². The van der Waals surface area contributed by atoms with Gasteiger partial charge in [-0.15, -0.1) is 0 Å². The molecule has 0 spiro atoms. The van der Waals surface area contributed by atoms with Gasteiger partial charge in [0.2, 0.25) is 0 Å². The number of nitrogens with two attached hydrogens (primary N) is 1. The molecule has 4 heteroatoms. The predicted octanol–water partition coefficient (Wildman–Crippen LogP) is 1.40. The molecule has 0 saturated heterocycles. The standard InChI is InChI=1S/C11H16N4/c1-9(6-7-12)15(2)8-10-4-3-5-11(13)14-10/h3-5,9H,6,8H2,1-2H3,(H2,13,14). The van der Waals surface area contributed by atoms with Crippen molar-refractivity contribution in [2.45, 2.75) is 25.9 Å². The molecule has 0 aliphatic heterocycles. The lowest BCUT2D eigenvalue weighted by Crippen LogP contribution is -2.28. The summed E-state index contributed by atoms with van der Waals surface area (Å²) in [6, 6.07) is 7.99. The van der Waals surface area contributed by atoms with Crippen LogP contribution in [0.15, 0.2) is 18.2 Å². The van der Waals surface area contributed by atoms with Crippen LogP contribution in [0.3, 0.4) is 0 Å². The molecule has 15 heavy (non-hydrogen) atoms. The van der Waals surface area contributed by atoms with Crippen molar-refractivity contribution in [3.05, 3.63) is 23.9 Å². The van der Waals surface area contributed by atoms with E-state index in [9.17, 15) is 0 Å². The molecule has 0 aromatic carbocycles. The summed E-state index contributed by atoms with van der Waals surface area (Å²) in [5.74, 6) is 0.536. The number of hydrogen-bond donors (Lipinski definition) is 1. The van der Waals surface area contributed by atoms with E-state index in [2.05, 4.69) is 16.0 Å². The molecule has 0 aliphatic rings. The van der Waals surface area contributed by atoms with Crippen molar-refractivity contribution in [1.29, 1.82) is 5.26 Å². The highest BCUT2D eigenvalue weighted by Crippen LogP contribution is 2.07. The molecule has 0 aliphatic carbocycles. The maximum absolute atomic E-state index is 8.58. The summed E-state index contributed by atoms with van der Waals surface area (Å²) < 4.78 is 0. The van der Waals surface area contributed by atoms with E-state index in [1.54, 1.807) is 6.07 Å². The summed E-state index contributed by atoms with van der Waals surface area (Å²) in [5, 5.41) is 8.58. The molecule has 0 radical (unpaired) electrons. The number of hydrogen-bond acceptors (Lipinski definition) is 4. The Balaban J connectivity index is 2.58. The van der Waals surface area contributed by atoms with Crippen LogP contribution in [-0.2, 0) is 6.54 Å². The minimum atomic E-state index is 0.234. The summed E-state index contributed by atoms with van der Waals surface area (Å²) >= 11 is 0. The van der Waals surface area contributed by atoms with Crippen molar-refractivity contribution in [3.8, 4) is 6.07 Å². The molecule has 1 atom stereocenters. The average molecular weight is 204 g/mol.